The van der Waals surface area contributed by atoms with E-state index >= 15 is 0 Å². The summed E-state index contributed by atoms with van der Waals surface area (Å²) in [6, 6.07) is 6.88. The van der Waals surface area contributed by atoms with Crippen molar-refractivity contribution >= 4 is 17.6 Å². The van der Waals surface area contributed by atoms with Gasteiger partial charge in [-0.25, -0.2) is 9.48 Å². The summed E-state index contributed by atoms with van der Waals surface area (Å²) in [5.74, 6) is -1.63. The molecule has 104 valence electrons. The third-order valence-electron chi connectivity index (χ3n) is 2.61. The van der Waals surface area contributed by atoms with Crippen LogP contribution in [0.3, 0.4) is 0 Å². The number of amides is 1. The molecule has 0 unspecified atom stereocenters. The van der Waals surface area contributed by atoms with Crippen molar-refractivity contribution in [3.63, 3.8) is 0 Å². The number of anilines is 1. The summed E-state index contributed by atoms with van der Waals surface area (Å²) in [5, 5.41) is 18.9. The molecule has 0 aliphatic carbocycles. The normalized spacial score (nSPS) is 10.2. The van der Waals surface area contributed by atoms with E-state index in [0.717, 1.165) is 0 Å². The summed E-state index contributed by atoms with van der Waals surface area (Å²) >= 11 is 0. The second-order valence-corrected chi connectivity index (χ2v) is 4.01. The van der Waals surface area contributed by atoms with E-state index in [9.17, 15) is 9.59 Å². The number of nitrogens with one attached hydrogen (secondary N) is 1. The summed E-state index contributed by atoms with van der Waals surface area (Å²) in [7, 11) is 0. The molecule has 0 radical (unpaired) electrons. The molecule has 0 spiro atoms. The van der Waals surface area contributed by atoms with Crippen molar-refractivity contribution in [3.8, 4) is 0 Å². The van der Waals surface area contributed by atoms with Gasteiger partial charge in [-0.3, -0.25) is 4.79 Å². The van der Waals surface area contributed by atoms with E-state index in [4.69, 9.17) is 10.8 Å². The molecule has 0 aliphatic rings. The summed E-state index contributed by atoms with van der Waals surface area (Å²) in [6.45, 7) is 0.861. The Hall–Kier alpha value is -2.90. The molecular formula is C12H13N5O3. The van der Waals surface area contributed by atoms with Crippen LogP contribution in [0.15, 0.2) is 30.5 Å². The molecule has 0 saturated heterocycles. The van der Waals surface area contributed by atoms with E-state index in [2.05, 4.69) is 15.6 Å². The third-order valence-corrected chi connectivity index (χ3v) is 2.61. The van der Waals surface area contributed by atoms with E-state index in [1.807, 2.05) is 0 Å². The maximum atomic E-state index is 11.2. The zero-order valence-corrected chi connectivity index (χ0v) is 10.5. The van der Waals surface area contributed by atoms with Gasteiger partial charge in [-0.05, 0) is 12.1 Å². The third kappa shape index (κ3) is 3.10. The maximum Gasteiger partial charge on any atom is 0.358 e. The van der Waals surface area contributed by atoms with Gasteiger partial charge >= 0.3 is 5.97 Å². The molecule has 1 heterocycles. The van der Waals surface area contributed by atoms with Crippen molar-refractivity contribution in [1.82, 2.24) is 15.0 Å². The predicted octanol–water partition coefficient (Wildman–Crippen LogP) is 0.187. The molecular weight excluding hydrogens is 262 g/mol. The molecule has 1 aromatic heterocycles. The van der Waals surface area contributed by atoms with Gasteiger partial charge in [0.15, 0.2) is 5.69 Å². The van der Waals surface area contributed by atoms with Crippen LogP contribution in [-0.2, 0) is 6.54 Å². The number of aromatic nitrogens is 3. The monoisotopic (exact) mass is 275 g/mol. The molecule has 0 atom stereocenters. The highest BCUT2D eigenvalue weighted by molar-refractivity contribution is 5.98. The highest BCUT2D eigenvalue weighted by atomic mass is 16.4. The molecule has 8 heteroatoms. The van der Waals surface area contributed by atoms with E-state index in [1.165, 1.54) is 10.9 Å². The van der Waals surface area contributed by atoms with E-state index in [0.29, 0.717) is 24.3 Å². The van der Waals surface area contributed by atoms with Gasteiger partial charge in [0.25, 0.3) is 5.91 Å². The van der Waals surface area contributed by atoms with E-state index in [1.54, 1.807) is 24.3 Å². The van der Waals surface area contributed by atoms with Crippen LogP contribution >= 0.6 is 0 Å². The lowest BCUT2D eigenvalue weighted by Crippen LogP contribution is -2.16. The average Bonchev–Trinajstić information content (AvgIpc) is 2.88. The Balaban J connectivity index is 1.96. The molecule has 0 bridgehead atoms. The number of nitrogens with zero attached hydrogens (tertiary/aromatic N) is 3. The Morgan fingerprint density at radius 3 is 2.75 bits per heavy atom. The van der Waals surface area contributed by atoms with Crippen LogP contribution in [0.4, 0.5) is 5.69 Å². The van der Waals surface area contributed by atoms with Gasteiger partial charge in [-0.2, -0.15) is 0 Å². The van der Waals surface area contributed by atoms with Crippen molar-refractivity contribution < 1.29 is 14.7 Å². The highest BCUT2D eigenvalue weighted by Gasteiger charge is 2.09. The first-order valence-electron chi connectivity index (χ1n) is 5.84. The first-order chi connectivity index (χ1) is 9.58. The van der Waals surface area contributed by atoms with Gasteiger partial charge in [0.05, 0.1) is 18.3 Å². The number of para-hydroxylation sites is 1. The lowest BCUT2D eigenvalue weighted by Gasteiger charge is -2.09. The lowest BCUT2D eigenvalue weighted by molar-refractivity contribution is 0.0690. The number of hydrogen-bond acceptors (Lipinski definition) is 5. The number of primary amides is 1. The minimum Gasteiger partial charge on any atom is -0.476 e. The largest absolute Gasteiger partial charge is 0.476 e. The standard InChI is InChI=1S/C12H13N5O3/c13-11(18)8-3-1-2-4-9(8)14-5-6-17-7-10(12(19)20)15-16-17/h1-4,7,14H,5-6H2,(H2,13,18)(H,19,20). The number of rotatable bonds is 6. The first-order valence-corrected chi connectivity index (χ1v) is 5.84. The highest BCUT2D eigenvalue weighted by Crippen LogP contribution is 2.13. The van der Waals surface area contributed by atoms with E-state index in [-0.39, 0.29) is 5.69 Å². The van der Waals surface area contributed by atoms with Crippen LogP contribution in [0.25, 0.3) is 0 Å². The summed E-state index contributed by atoms with van der Waals surface area (Å²) in [6.07, 6.45) is 1.34. The number of carboxylic acid groups (broad SMARTS) is 1. The lowest BCUT2D eigenvalue weighted by atomic mass is 10.1. The molecule has 8 nitrogen and oxygen atoms in total. The summed E-state index contributed by atoms with van der Waals surface area (Å²) in [4.78, 5) is 21.9. The Morgan fingerprint density at radius 2 is 2.10 bits per heavy atom. The number of carbonyl (C=O) groups excluding carboxylic acids is 1. The fourth-order valence-electron chi connectivity index (χ4n) is 1.66. The Labute approximate surface area is 114 Å². The smallest absolute Gasteiger partial charge is 0.358 e. The van der Waals surface area contributed by atoms with Crippen LogP contribution in [0.5, 0.6) is 0 Å². The van der Waals surface area contributed by atoms with Gasteiger partial charge in [-0.1, -0.05) is 17.3 Å². The van der Waals surface area contributed by atoms with Crippen LogP contribution in [-0.4, -0.2) is 38.5 Å². The van der Waals surface area contributed by atoms with E-state index < -0.39 is 11.9 Å². The zero-order chi connectivity index (χ0) is 14.5. The van der Waals surface area contributed by atoms with Crippen molar-refractivity contribution in [2.75, 3.05) is 11.9 Å². The van der Waals surface area contributed by atoms with Crippen LogP contribution in [0.1, 0.15) is 20.8 Å². The topological polar surface area (TPSA) is 123 Å². The van der Waals surface area contributed by atoms with Crippen LogP contribution in [0.2, 0.25) is 0 Å². The van der Waals surface area contributed by atoms with Gasteiger partial charge in [0.1, 0.15) is 0 Å². The maximum absolute atomic E-state index is 11.2. The van der Waals surface area contributed by atoms with Crippen molar-refractivity contribution in [1.29, 1.82) is 0 Å². The Bertz CT molecular complexity index is 638. The summed E-state index contributed by atoms with van der Waals surface area (Å²) < 4.78 is 1.41. The predicted molar refractivity (Wildman–Crippen MR) is 70.4 cm³/mol. The second-order valence-electron chi connectivity index (χ2n) is 4.01. The molecule has 0 aliphatic heterocycles. The zero-order valence-electron chi connectivity index (χ0n) is 10.5. The van der Waals surface area contributed by atoms with Gasteiger partial charge in [-0.15, -0.1) is 5.10 Å². The van der Waals surface area contributed by atoms with Crippen molar-refractivity contribution in [2.24, 2.45) is 5.73 Å². The minimum atomic E-state index is -1.12. The quantitative estimate of drug-likeness (QED) is 0.691. The molecule has 2 rings (SSSR count). The molecule has 0 saturated carbocycles. The number of carbonyl (C=O) groups is 2. The number of aromatic carboxylic acids is 1. The summed E-state index contributed by atoms with van der Waals surface area (Å²) in [5.41, 5.74) is 6.18. The molecule has 2 aromatic rings. The fourth-order valence-corrected chi connectivity index (χ4v) is 1.66. The number of hydrogen-bond donors (Lipinski definition) is 3. The van der Waals surface area contributed by atoms with Gasteiger partial charge < -0.3 is 16.2 Å². The second kappa shape index (κ2) is 5.83. The van der Waals surface area contributed by atoms with Crippen LogP contribution in [0, 0.1) is 0 Å². The first kappa shape index (κ1) is 13.5. The van der Waals surface area contributed by atoms with Gasteiger partial charge in [0.2, 0.25) is 0 Å². The van der Waals surface area contributed by atoms with Crippen molar-refractivity contribution in [2.45, 2.75) is 6.54 Å². The Kier molecular flexibility index (Phi) is 3.94. The molecule has 0 fully saturated rings. The van der Waals surface area contributed by atoms with Crippen LogP contribution < -0.4 is 11.1 Å². The number of carboxylic acids is 1. The number of benzene rings is 1. The fraction of sp³-hybridized carbons (Fsp3) is 0.167. The minimum absolute atomic E-state index is 0.109. The SMILES string of the molecule is NC(=O)c1ccccc1NCCn1cc(C(=O)O)nn1. The molecule has 1 aromatic carbocycles. The molecule has 1 amide bonds. The average molecular weight is 275 g/mol. The Morgan fingerprint density at radius 1 is 1.35 bits per heavy atom. The van der Waals surface area contributed by atoms with Gasteiger partial charge in [0, 0.05) is 12.2 Å². The molecule has 4 N–H and O–H groups in total. The number of nitrogens with two attached hydrogens (primary N) is 1. The van der Waals surface area contributed by atoms with Crippen molar-refractivity contribution in [3.05, 3.63) is 41.7 Å². The molecule has 20 heavy (non-hydrogen) atoms.